The first-order chi connectivity index (χ1) is 8.63. The van der Waals surface area contributed by atoms with Crippen LogP contribution in [-0.4, -0.2) is 20.0 Å². The molecule has 0 aromatic heterocycles. The number of ether oxygens (including phenoxy) is 3. The zero-order valence-electron chi connectivity index (χ0n) is 10.2. The maximum Gasteiger partial charge on any atom is 0.231 e. The molecule has 0 bridgehead atoms. The number of nitrogens with two attached hydrogens (primary N) is 1. The summed E-state index contributed by atoms with van der Waals surface area (Å²) >= 11 is 6.01. The van der Waals surface area contributed by atoms with Crippen molar-refractivity contribution < 1.29 is 14.2 Å². The highest BCUT2D eigenvalue weighted by atomic mass is 35.5. The van der Waals surface area contributed by atoms with Crippen molar-refractivity contribution >= 4 is 17.3 Å². The van der Waals surface area contributed by atoms with Gasteiger partial charge >= 0.3 is 0 Å². The first-order valence-corrected chi connectivity index (χ1v) is 5.90. The van der Waals surface area contributed by atoms with E-state index in [2.05, 4.69) is 11.8 Å². The second-order valence-electron chi connectivity index (χ2n) is 3.94. The zero-order valence-corrected chi connectivity index (χ0v) is 11.0. The number of methoxy groups -OCH3 is 1. The van der Waals surface area contributed by atoms with Gasteiger partial charge in [-0.1, -0.05) is 23.4 Å². The quantitative estimate of drug-likeness (QED) is 0.660. The standard InChI is InChI=1S/C13H14ClNO3/c1-8(16-2)4-3-5-9-6-10(14)11(15)13-12(9)17-7-18-13/h6,8H,4,7,15H2,1-2H3. The molecule has 5 heteroatoms. The number of hydrogen-bond acceptors (Lipinski definition) is 4. The van der Waals surface area contributed by atoms with E-state index in [9.17, 15) is 0 Å². The summed E-state index contributed by atoms with van der Waals surface area (Å²) in [6.07, 6.45) is 0.723. The molecule has 0 spiro atoms. The molecule has 0 aliphatic carbocycles. The predicted molar refractivity (Wildman–Crippen MR) is 70.0 cm³/mol. The van der Waals surface area contributed by atoms with Crippen LogP contribution >= 0.6 is 11.6 Å². The summed E-state index contributed by atoms with van der Waals surface area (Å²) < 4.78 is 15.7. The van der Waals surface area contributed by atoms with Gasteiger partial charge in [0.15, 0.2) is 11.5 Å². The minimum absolute atomic E-state index is 0.0898. The summed E-state index contributed by atoms with van der Waals surface area (Å²) in [6, 6.07) is 1.69. The van der Waals surface area contributed by atoms with Crippen molar-refractivity contribution in [3.8, 4) is 23.3 Å². The first kappa shape index (κ1) is 12.9. The van der Waals surface area contributed by atoms with Crippen LogP contribution in [0.5, 0.6) is 11.5 Å². The maximum absolute atomic E-state index is 6.01. The van der Waals surface area contributed by atoms with Crippen molar-refractivity contribution in [2.75, 3.05) is 19.6 Å². The Morgan fingerprint density at radius 2 is 2.22 bits per heavy atom. The largest absolute Gasteiger partial charge is 0.452 e. The van der Waals surface area contributed by atoms with Gasteiger partial charge in [0.2, 0.25) is 6.79 Å². The van der Waals surface area contributed by atoms with Crippen LogP contribution in [0.15, 0.2) is 6.07 Å². The topological polar surface area (TPSA) is 53.7 Å². The number of anilines is 1. The third kappa shape index (κ3) is 2.47. The van der Waals surface area contributed by atoms with E-state index >= 15 is 0 Å². The average Bonchev–Trinajstić information content (AvgIpc) is 2.84. The lowest BCUT2D eigenvalue weighted by Gasteiger charge is -2.05. The third-order valence-corrected chi connectivity index (χ3v) is 2.96. The SMILES string of the molecule is COC(C)CC#Cc1cc(Cl)c(N)c2c1OCO2. The Kier molecular flexibility index (Phi) is 3.85. The average molecular weight is 268 g/mol. The van der Waals surface area contributed by atoms with Gasteiger partial charge in [0.25, 0.3) is 0 Å². The molecule has 0 saturated carbocycles. The highest BCUT2D eigenvalue weighted by molar-refractivity contribution is 6.33. The fraction of sp³-hybridized carbons (Fsp3) is 0.385. The molecule has 1 heterocycles. The predicted octanol–water partition coefficient (Wildman–Crippen LogP) is 2.43. The molecule has 18 heavy (non-hydrogen) atoms. The minimum Gasteiger partial charge on any atom is -0.452 e. The Morgan fingerprint density at radius 1 is 1.50 bits per heavy atom. The fourth-order valence-corrected chi connectivity index (χ4v) is 1.72. The van der Waals surface area contributed by atoms with Crippen molar-refractivity contribution in [3.05, 3.63) is 16.7 Å². The first-order valence-electron chi connectivity index (χ1n) is 5.52. The van der Waals surface area contributed by atoms with Gasteiger partial charge in [-0.05, 0) is 13.0 Å². The van der Waals surface area contributed by atoms with Gasteiger partial charge in [0.1, 0.15) is 0 Å². The van der Waals surface area contributed by atoms with Gasteiger partial charge in [-0.15, -0.1) is 0 Å². The molecule has 4 nitrogen and oxygen atoms in total. The van der Waals surface area contributed by atoms with Crippen LogP contribution < -0.4 is 15.2 Å². The molecule has 1 aliphatic rings. The molecule has 1 aromatic rings. The Labute approximate surface area is 111 Å². The summed E-state index contributed by atoms with van der Waals surface area (Å²) in [7, 11) is 1.65. The normalized spacial score (nSPS) is 13.9. The van der Waals surface area contributed by atoms with Gasteiger partial charge in [-0.25, -0.2) is 0 Å². The molecule has 1 atom stereocenters. The summed E-state index contributed by atoms with van der Waals surface area (Å²) in [6.45, 7) is 2.09. The lowest BCUT2D eigenvalue weighted by atomic mass is 10.1. The summed E-state index contributed by atoms with van der Waals surface area (Å²) in [5.74, 6) is 7.06. The molecule has 2 N–H and O–H groups in total. The minimum atomic E-state index is 0.0898. The van der Waals surface area contributed by atoms with E-state index in [1.54, 1.807) is 13.2 Å². The van der Waals surface area contributed by atoms with Gasteiger partial charge < -0.3 is 19.9 Å². The summed E-state index contributed by atoms with van der Waals surface area (Å²) in [5.41, 5.74) is 6.87. The maximum atomic E-state index is 6.01. The lowest BCUT2D eigenvalue weighted by Crippen LogP contribution is -2.02. The second-order valence-corrected chi connectivity index (χ2v) is 4.34. The van der Waals surface area contributed by atoms with Crippen molar-refractivity contribution in [1.82, 2.24) is 0 Å². The molecule has 1 aliphatic heterocycles. The van der Waals surface area contributed by atoms with Crippen LogP contribution in [-0.2, 0) is 4.74 Å². The molecule has 96 valence electrons. The Bertz CT molecular complexity index is 519. The Morgan fingerprint density at radius 3 is 2.94 bits per heavy atom. The molecule has 0 saturated heterocycles. The second kappa shape index (κ2) is 5.38. The van der Waals surface area contributed by atoms with E-state index in [-0.39, 0.29) is 12.9 Å². The highest BCUT2D eigenvalue weighted by Gasteiger charge is 2.22. The van der Waals surface area contributed by atoms with E-state index in [0.717, 1.165) is 0 Å². The fourth-order valence-electron chi connectivity index (χ4n) is 1.52. The summed E-state index contributed by atoms with van der Waals surface area (Å²) in [5, 5.41) is 0.420. The number of rotatable bonds is 2. The van der Waals surface area contributed by atoms with Crippen LogP contribution in [0, 0.1) is 11.8 Å². The molecular weight excluding hydrogens is 254 g/mol. The zero-order chi connectivity index (χ0) is 13.1. The Balaban J connectivity index is 2.29. The Hall–Kier alpha value is -1.57. The van der Waals surface area contributed by atoms with E-state index in [4.69, 9.17) is 31.5 Å². The third-order valence-electron chi connectivity index (χ3n) is 2.65. The van der Waals surface area contributed by atoms with E-state index in [1.165, 1.54) is 0 Å². The van der Waals surface area contributed by atoms with E-state index in [1.807, 2.05) is 6.92 Å². The smallest absolute Gasteiger partial charge is 0.231 e. The van der Waals surface area contributed by atoms with Crippen LogP contribution in [0.4, 0.5) is 5.69 Å². The van der Waals surface area contributed by atoms with Gasteiger partial charge in [0, 0.05) is 13.5 Å². The van der Waals surface area contributed by atoms with E-state index in [0.29, 0.717) is 34.2 Å². The molecule has 1 aromatic carbocycles. The van der Waals surface area contributed by atoms with Crippen molar-refractivity contribution in [2.45, 2.75) is 19.4 Å². The van der Waals surface area contributed by atoms with Crippen LogP contribution in [0.1, 0.15) is 18.9 Å². The van der Waals surface area contributed by atoms with Gasteiger partial charge in [0.05, 0.1) is 22.4 Å². The molecule has 2 rings (SSSR count). The lowest BCUT2D eigenvalue weighted by molar-refractivity contribution is 0.123. The molecule has 0 radical (unpaired) electrons. The molecular formula is C13H14ClNO3. The van der Waals surface area contributed by atoms with Crippen molar-refractivity contribution in [3.63, 3.8) is 0 Å². The van der Waals surface area contributed by atoms with Crippen LogP contribution in [0.3, 0.4) is 0 Å². The highest BCUT2D eigenvalue weighted by Crippen LogP contribution is 2.44. The molecule has 0 fully saturated rings. The number of nitrogen functional groups attached to an aromatic ring is 1. The molecule has 1 unspecified atom stereocenters. The number of halogens is 1. The summed E-state index contributed by atoms with van der Waals surface area (Å²) in [4.78, 5) is 0. The molecule has 0 amide bonds. The van der Waals surface area contributed by atoms with Gasteiger partial charge in [-0.2, -0.15) is 0 Å². The monoisotopic (exact) mass is 267 g/mol. The van der Waals surface area contributed by atoms with Crippen LogP contribution in [0.2, 0.25) is 5.02 Å². The number of benzene rings is 1. The van der Waals surface area contributed by atoms with Crippen LogP contribution in [0.25, 0.3) is 0 Å². The van der Waals surface area contributed by atoms with Gasteiger partial charge in [-0.3, -0.25) is 0 Å². The number of hydrogen-bond donors (Lipinski definition) is 1. The number of fused-ring (bicyclic) bond motifs is 1. The van der Waals surface area contributed by atoms with E-state index < -0.39 is 0 Å². The van der Waals surface area contributed by atoms with Crippen molar-refractivity contribution in [2.24, 2.45) is 0 Å². The van der Waals surface area contributed by atoms with Crippen molar-refractivity contribution in [1.29, 1.82) is 0 Å².